The first-order valence-electron chi connectivity index (χ1n) is 11.8. The van der Waals surface area contributed by atoms with E-state index in [1.807, 2.05) is 36.4 Å². The molecule has 2 aromatic carbocycles. The molecule has 3 aromatic rings. The second-order valence-corrected chi connectivity index (χ2v) is 9.85. The van der Waals surface area contributed by atoms with Crippen molar-refractivity contribution in [3.8, 4) is 5.75 Å². The predicted octanol–water partition coefficient (Wildman–Crippen LogP) is 3.61. The van der Waals surface area contributed by atoms with E-state index in [9.17, 15) is 9.59 Å². The molecule has 7 nitrogen and oxygen atoms in total. The molecule has 0 unspecified atom stereocenters. The molecule has 1 amide bonds. The van der Waals surface area contributed by atoms with Gasteiger partial charge in [0.25, 0.3) is 0 Å². The van der Waals surface area contributed by atoms with Crippen LogP contribution < -0.4 is 10.5 Å². The van der Waals surface area contributed by atoms with Gasteiger partial charge in [0, 0.05) is 46.3 Å². The number of carbonyl (C=O) groups excluding carboxylic acids is 2. The number of benzene rings is 2. The molecule has 7 heteroatoms. The zero-order valence-electron chi connectivity index (χ0n) is 19.6. The highest BCUT2D eigenvalue weighted by atomic mass is 16.5. The van der Waals surface area contributed by atoms with Gasteiger partial charge in [-0.3, -0.25) is 14.5 Å². The summed E-state index contributed by atoms with van der Waals surface area (Å²) in [5, 5.41) is 8.43. The zero-order chi connectivity index (χ0) is 24.0. The van der Waals surface area contributed by atoms with Crippen LogP contribution in [0.25, 0.3) is 10.9 Å². The molecule has 176 valence electrons. The lowest BCUT2D eigenvalue weighted by atomic mass is 9.71. The number of carbonyl (C=O) groups is 2. The van der Waals surface area contributed by atoms with Crippen molar-refractivity contribution in [2.75, 3.05) is 26.2 Å². The van der Waals surface area contributed by atoms with Gasteiger partial charge in [0.05, 0.1) is 5.56 Å². The van der Waals surface area contributed by atoms with Crippen molar-refractivity contribution in [2.45, 2.75) is 32.1 Å². The number of primary amides is 1. The number of H-pyrrole nitrogens is 1. The number of amides is 1. The fourth-order valence-electron chi connectivity index (χ4n) is 5.34. The Labute approximate surface area is 198 Å². The summed E-state index contributed by atoms with van der Waals surface area (Å²) in [4.78, 5) is 30.6. The summed E-state index contributed by atoms with van der Waals surface area (Å²) >= 11 is 0. The Morgan fingerprint density at radius 3 is 2.71 bits per heavy atom. The Bertz CT molecular complexity index is 1300. The maximum atomic E-state index is 13.5. The van der Waals surface area contributed by atoms with Crippen LogP contribution >= 0.6 is 0 Å². The molecule has 2 aliphatic rings. The molecule has 1 aromatic heterocycles. The van der Waals surface area contributed by atoms with Crippen LogP contribution in [0.4, 0.5) is 0 Å². The normalized spacial score (nSPS) is 17.9. The average Bonchev–Trinajstić information content (AvgIpc) is 3.23. The molecule has 1 aliphatic carbocycles. The molecule has 4 N–H and O–H groups in total. The Hall–Kier alpha value is -3.45. The molecular weight excluding hydrogens is 428 g/mol. The van der Waals surface area contributed by atoms with Gasteiger partial charge in [0.1, 0.15) is 12.4 Å². The smallest absolute Gasteiger partial charge is 0.220 e. The van der Waals surface area contributed by atoms with Gasteiger partial charge >= 0.3 is 0 Å². The minimum absolute atomic E-state index is 0.0104. The lowest BCUT2D eigenvalue weighted by molar-refractivity contribution is -0.123. The highest BCUT2D eigenvalue weighted by Gasteiger charge is 2.39. The van der Waals surface area contributed by atoms with Gasteiger partial charge in [-0.15, -0.1) is 0 Å². The molecule has 2 heterocycles. The third-order valence-corrected chi connectivity index (χ3v) is 7.42. The SMILES string of the molecule is CC1(C)c2cc(OCCN3CCC(C(N)=O)CC3)ccc2C(=O)c2c1[nH]c1cc(C=N)ccc21. The van der Waals surface area contributed by atoms with Crippen LogP contribution in [0.5, 0.6) is 5.75 Å². The van der Waals surface area contributed by atoms with E-state index in [4.69, 9.17) is 15.9 Å². The number of ether oxygens (including phenoxy) is 1. The topological polar surface area (TPSA) is 112 Å². The number of nitrogens with two attached hydrogens (primary N) is 1. The number of aromatic amines is 1. The van der Waals surface area contributed by atoms with Crippen molar-refractivity contribution in [3.63, 3.8) is 0 Å². The Kier molecular flexibility index (Phi) is 5.52. The minimum atomic E-state index is -0.404. The van der Waals surface area contributed by atoms with Crippen LogP contribution in [-0.4, -0.2) is 54.0 Å². The second kappa shape index (κ2) is 8.40. The minimum Gasteiger partial charge on any atom is -0.492 e. The van der Waals surface area contributed by atoms with Crippen LogP contribution in [-0.2, 0) is 10.2 Å². The van der Waals surface area contributed by atoms with Crippen molar-refractivity contribution >= 4 is 28.8 Å². The van der Waals surface area contributed by atoms with Gasteiger partial charge in [-0.2, -0.15) is 0 Å². The standard InChI is InChI=1S/C27H30N4O3/c1-27(2)21-14-18(34-12-11-31-9-7-17(8-10-31)26(29)33)4-6-19(21)24(32)23-20-5-3-16(15-28)13-22(20)30-25(23)27/h3-6,13-15,17,28,30H,7-12H2,1-2H3,(H2,29,33). The van der Waals surface area contributed by atoms with Crippen molar-refractivity contribution < 1.29 is 14.3 Å². The van der Waals surface area contributed by atoms with Gasteiger partial charge in [-0.25, -0.2) is 0 Å². The highest BCUT2D eigenvalue weighted by Crippen LogP contribution is 2.44. The molecule has 34 heavy (non-hydrogen) atoms. The molecule has 0 atom stereocenters. The lowest BCUT2D eigenvalue weighted by Crippen LogP contribution is -2.40. The number of hydrogen-bond donors (Lipinski definition) is 3. The molecule has 0 spiro atoms. The molecule has 0 saturated carbocycles. The van der Waals surface area contributed by atoms with Crippen molar-refractivity contribution in [2.24, 2.45) is 11.7 Å². The fourth-order valence-corrected chi connectivity index (χ4v) is 5.34. The summed E-state index contributed by atoms with van der Waals surface area (Å²) in [6, 6.07) is 11.4. The number of hydrogen-bond acceptors (Lipinski definition) is 5. The third kappa shape index (κ3) is 3.70. The summed E-state index contributed by atoms with van der Waals surface area (Å²) in [6.07, 6.45) is 2.92. The first-order chi connectivity index (χ1) is 16.3. The quantitative estimate of drug-likeness (QED) is 0.490. The van der Waals surface area contributed by atoms with E-state index >= 15 is 0 Å². The highest BCUT2D eigenvalue weighted by molar-refractivity contribution is 6.20. The van der Waals surface area contributed by atoms with Crippen LogP contribution in [0.1, 0.15) is 59.4 Å². The first kappa shape index (κ1) is 22.3. The predicted molar refractivity (Wildman–Crippen MR) is 132 cm³/mol. The zero-order valence-corrected chi connectivity index (χ0v) is 19.6. The van der Waals surface area contributed by atoms with Crippen molar-refractivity contribution in [3.05, 3.63) is 64.3 Å². The van der Waals surface area contributed by atoms with Crippen LogP contribution in [0.2, 0.25) is 0 Å². The van der Waals surface area contributed by atoms with E-state index in [-0.39, 0.29) is 17.6 Å². The molecule has 1 saturated heterocycles. The van der Waals surface area contributed by atoms with E-state index in [1.54, 1.807) is 0 Å². The van der Waals surface area contributed by atoms with E-state index in [0.29, 0.717) is 12.2 Å². The number of fused-ring (bicyclic) bond motifs is 4. The molecule has 5 rings (SSSR count). The number of ketones is 1. The maximum Gasteiger partial charge on any atom is 0.220 e. The van der Waals surface area contributed by atoms with E-state index in [1.165, 1.54) is 6.21 Å². The van der Waals surface area contributed by atoms with Crippen molar-refractivity contribution in [1.29, 1.82) is 5.41 Å². The van der Waals surface area contributed by atoms with Crippen molar-refractivity contribution in [1.82, 2.24) is 9.88 Å². The largest absolute Gasteiger partial charge is 0.492 e. The van der Waals surface area contributed by atoms with E-state index < -0.39 is 5.41 Å². The lowest BCUT2D eigenvalue weighted by Gasteiger charge is -2.32. The number of rotatable bonds is 6. The van der Waals surface area contributed by atoms with Gasteiger partial charge in [0.2, 0.25) is 5.91 Å². The molecule has 0 radical (unpaired) electrons. The summed E-state index contributed by atoms with van der Waals surface area (Å²) in [5.41, 5.74) is 9.96. The van der Waals surface area contributed by atoms with Gasteiger partial charge in [0.15, 0.2) is 5.78 Å². The van der Waals surface area contributed by atoms with Crippen LogP contribution in [0, 0.1) is 11.3 Å². The molecular formula is C27H30N4O3. The summed E-state index contributed by atoms with van der Waals surface area (Å²) in [6.45, 7) is 7.27. The number of piperidine rings is 1. The van der Waals surface area contributed by atoms with Crippen LogP contribution in [0.3, 0.4) is 0 Å². The number of nitrogens with zero attached hydrogens (tertiary/aromatic N) is 1. The summed E-state index contributed by atoms with van der Waals surface area (Å²) < 4.78 is 6.08. The second-order valence-electron chi connectivity index (χ2n) is 9.85. The summed E-state index contributed by atoms with van der Waals surface area (Å²) in [7, 11) is 0. The maximum absolute atomic E-state index is 13.5. The number of nitrogens with one attached hydrogen (secondary N) is 2. The molecule has 1 fully saturated rings. The summed E-state index contributed by atoms with van der Waals surface area (Å²) in [5.74, 6) is 0.554. The molecule has 0 bridgehead atoms. The van der Waals surface area contributed by atoms with Gasteiger partial charge in [-0.05, 0) is 61.3 Å². The Balaban J connectivity index is 1.35. The Morgan fingerprint density at radius 2 is 2.00 bits per heavy atom. The fraction of sp³-hybridized carbons (Fsp3) is 0.370. The van der Waals surface area contributed by atoms with Crippen LogP contribution in [0.15, 0.2) is 36.4 Å². The van der Waals surface area contributed by atoms with E-state index in [2.05, 4.69) is 23.7 Å². The third-order valence-electron chi connectivity index (χ3n) is 7.42. The monoisotopic (exact) mass is 458 g/mol. The first-order valence-corrected chi connectivity index (χ1v) is 11.8. The number of aromatic nitrogens is 1. The van der Waals surface area contributed by atoms with Gasteiger partial charge < -0.3 is 20.9 Å². The number of likely N-dealkylation sites (tertiary alicyclic amines) is 1. The Morgan fingerprint density at radius 1 is 1.24 bits per heavy atom. The average molecular weight is 459 g/mol. The van der Waals surface area contributed by atoms with E-state index in [0.717, 1.165) is 71.5 Å². The van der Waals surface area contributed by atoms with Gasteiger partial charge in [-0.1, -0.05) is 26.0 Å². The molecule has 1 aliphatic heterocycles.